The van der Waals surface area contributed by atoms with Crippen LogP contribution >= 0.6 is 0 Å². The van der Waals surface area contributed by atoms with Crippen molar-refractivity contribution >= 4 is 21.6 Å². The molecule has 0 atom stereocenters. The molecule has 0 aliphatic heterocycles. The van der Waals surface area contributed by atoms with Crippen LogP contribution in [0.5, 0.6) is 0 Å². The molecule has 2 N–H and O–H groups in total. The van der Waals surface area contributed by atoms with E-state index in [4.69, 9.17) is 0 Å². The first-order valence-corrected chi connectivity index (χ1v) is 9.10. The van der Waals surface area contributed by atoms with Crippen molar-refractivity contribution in [2.24, 2.45) is 0 Å². The summed E-state index contributed by atoms with van der Waals surface area (Å²) in [6.45, 7) is 4.18. The second kappa shape index (κ2) is 7.98. The Morgan fingerprint density at radius 1 is 1.12 bits per heavy atom. The van der Waals surface area contributed by atoms with Gasteiger partial charge in [0.05, 0.1) is 16.8 Å². The largest absolute Gasteiger partial charge is 0.321 e. The molecule has 0 saturated heterocycles. The van der Waals surface area contributed by atoms with Gasteiger partial charge in [0.25, 0.3) is 5.91 Å². The van der Waals surface area contributed by atoms with Gasteiger partial charge in [-0.2, -0.15) is 0 Å². The number of aromatic nitrogens is 2. The average Bonchev–Trinajstić information content (AvgIpc) is 2.56. The number of nitrogens with zero attached hydrogens (tertiary/aromatic N) is 2. The van der Waals surface area contributed by atoms with Crippen molar-refractivity contribution in [3.63, 3.8) is 0 Å². The first kappa shape index (κ1) is 18.0. The van der Waals surface area contributed by atoms with Crippen LogP contribution < -0.4 is 10.0 Å². The summed E-state index contributed by atoms with van der Waals surface area (Å²) in [6, 6.07) is 5.97. The summed E-state index contributed by atoms with van der Waals surface area (Å²) in [5, 5.41) is 2.65. The summed E-state index contributed by atoms with van der Waals surface area (Å²) in [7, 11) is -3.52. The van der Waals surface area contributed by atoms with E-state index >= 15 is 0 Å². The van der Waals surface area contributed by atoms with Crippen molar-refractivity contribution in [2.75, 3.05) is 11.9 Å². The van der Waals surface area contributed by atoms with E-state index in [9.17, 15) is 13.2 Å². The molecular weight excluding hydrogens is 328 g/mol. The summed E-state index contributed by atoms with van der Waals surface area (Å²) in [5.41, 5.74) is 1.39. The smallest absolute Gasteiger partial charge is 0.275 e. The number of carbonyl (C=O) groups excluding carboxylic acids is 1. The molecule has 0 spiro atoms. The van der Waals surface area contributed by atoms with Gasteiger partial charge in [0.2, 0.25) is 10.0 Å². The lowest BCUT2D eigenvalue weighted by Gasteiger charge is -2.08. The van der Waals surface area contributed by atoms with Gasteiger partial charge in [0.15, 0.2) is 0 Å². The van der Waals surface area contributed by atoms with Gasteiger partial charge in [-0.1, -0.05) is 13.3 Å². The lowest BCUT2D eigenvalue weighted by molar-refractivity contribution is 0.102. The number of anilines is 1. The topological polar surface area (TPSA) is 101 Å². The molecule has 2 rings (SSSR count). The molecule has 0 radical (unpaired) electrons. The Labute approximate surface area is 141 Å². The zero-order valence-electron chi connectivity index (χ0n) is 13.6. The first-order valence-electron chi connectivity index (χ1n) is 7.62. The number of hydrogen-bond acceptors (Lipinski definition) is 5. The summed E-state index contributed by atoms with van der Waals surface area (Å²) in [5.74, 6) is -0.404. The zero-order chi connectivity index (χ0) is 17.6. The first-order chi connectivity index (χ1) is 11.4. The molecule has 1 aromatic heterocycles. The highest BCUT2D eigenvalue weighted by atomic mass is 32.2. The van der Waals surface area contributed by atoms with Crippen LogP contribution in [0.4, 0.5) is 5.69 Å². The number of sulfonamides is 1. The van der Waals surface area contributed by atoms with Crippen LogP contribution in [0.2, 0.25) is 0 Å². The summed E-state index contributed by atoms with van der Waals surface area (Å²) >= 11 is 0. The predicted molar refractivity (Wildman–Crippen MR) is 91.3 cm³/mol. The van der Waals surface area contributed by atoms with E-state index in [1.807, 2.05) is 6.92 Å². The average molecular weight is 348 g/mol. The van der Waals surface area contributed by atoms with Crippen molar-refractivity contribution in [1.82, 2.24) is 14.7 Å². The molecule has 24 heavy (non-hydrogen) atoms. The van der Waals surface area contributed by atoms with E-state index in [0.29, 0.717) is 12.2 Å². The Balaban J connectivity index is 2.04. The van der Waals surface area contributed by atoms with E-state index in [2.05, 4.69) is 20.0 Å². The third-order valence-electron chi connectivity index (χ3n) is 3.26. The van der Waals surface area contributed by atoms with Gasteiger partial charge < -0.3 is 5.32 Å². The Bertz CT molecular complexity index is 787. The van der Waals surface area contributed by atoms with Crippen LogP contribution in [0.15, 0.2) is 41.6 Å². The third-order valence-corrected chi connectivity index (χ3v) is 4.74. The molecule has 8 heteroatoms. The van der Waals surface area contributed by atoms with Gasteiger partial charge in [-0.05, 0) is 37.6 Å². The van der Waals surface area contributed by atoms with Crippen LogP contribution in [-0.4, -0.2) is 30.8 Å². The van der Waals surface area contributed by atoms with Gasteiger partial charge in [-0.25, -0.2) is 18.1 Å². The fraction of sp³-hybridized carbons (Fsp3) is 0.312. The van der Waals surface area contributed by atoms with Gasteiger partial charge in [-0.15, -0.1) is 0 Å². The maximum atomic E-state index is 12.1. The van der Waals surface area contributed by atoms with Gasteiger partial charge >= 0.3 is 0 Å². The predicted octanol–water partition coefficient (Wildman–Crippen LogP) is 2.12. The highest BCUT2D eigenvalue weighted by molar-refractivity contribution is 7.89. The Hall–Kier alpha value is -2.32. The van der Waals surface area contributed by atoms with Gasteiger partial charge in [-0.3, -0.25) is 9.78 Å². The fourth-order valence-corrected chi connectivity index (χ4v) is 2.96. The van der Waals surface area contributed by atoms with Crippen molar-refractivity contribution in [3.05, 3.63) is 48.0 Å². The number of amides is 1. The molecule has 128 valence electrons. The molecule has 1 amide bonds. The minimum Gasteiger partial charge on any atom is -0.321 e. The molecule has 0 saturated carbocycles. The van der Waals surface area contributed by atoms with Crippen molar-refractivity contribution in [2.45, 2.75) is 31.6 Å². The van der Waals surface area contributed by atoms with Gasteiger partial charge in [0.1, 0.15) is 5.69 Å². The normalized spacial score (nSPS) is 11.2. The zero-order valence-corrected chi connectivity index (χ0v) is 14.4. The molecular formula is C16H20N4O3S. The Kier molecular flexibility index (Phi) is 5.99. The number of aryl methyl sites for hydroxylation is 1. The second-order valence-corrected chi connectivity index (χ2v) is 7.04. The summed E-state index contributed by atoms with van der Waals surface area (Å²) < 4.78 is 26.7. The molecule has 0 unspecified atom stereocenters. The van der Waals surface area contributed by atoms with Crippen molar-refractivity contribution in [1.29, 1.82) is 0 Å². The summed E-state index contributed by atoms with van der Waals surface area (Å²) in [6.07, 6.45) is 4.59. The van der Waals surface area contributed by atoms with Crippen LogP contribution in [0.3, 0.4) is 0 Å². The van der Waals surface area contributed by atoms with Crippen LogP contribution in [0, 0.1) is 6.92 Å². The number of nitrogens with one attached hydrogen (secondary N) is 2. The third kappa shape index (κ3) is 4.84. The van der Waals surface area contributed by atoms with Crippen molar-refractivity contribution < 1.29 is 13.2 Å². The molecule has 1 aromatic carbocycles. The van der Waals surface area contributed by atoms with Crippen LogP contribution in [0.25, 0.3) is 0 Å². The summed E-state index contributed by atoms with van der Waals surface area (Å²) in [4.78, 5) is 20.2. The lowest BCUT2D eigenvalue weighted by atomic mass is 10.3. The number of hydrogen-bond donors (Lipinski definition) is 2. The van der Waals surface area contributed by atoms with E-state index in [0.717, 1.165) is 18.5 Å². The fourth-order valence-electron chi connectivity index (χ4n) is 1.89. The molecule has 2 aromatic rings. The molecule has 7 nitrogen and oxygen atoms in total. The molecule has 1 heterocycles. The molecule has 0 aliphatic rings. The maximum Gasteiger partial charge on any atom is 0.275 e. The molecule has 0 bridgehead atoms. The minimum absolute atomic E-state index is 0.159. The highest BCUT2D eigenvalue weighted by Gasteiger charge is 2.13. The maximum absolute atomic E-state index is 12.1. The monoisotopic (exact) mass is 348 g/mol. The van der Waals surface area contributed by atoms with E-state index in [1.165, 1.54) is 36.7 Å². The number of unbranched alkanes of at least 4 members (excludes halogenated alkanes) is 1. The number of benzene rings is 1. The SMILES string of the molecule is CCCCNS(=O)(=O)c1ccc(NC(=O)c2cnc(C)cn2)cc1. The molecule has 0 aliphatic carbocycles. The second-order valence-electron chi connectivity index (χ2n) is 5.27. The van der Waals surface area contributed by atoms with E-state index in [1.54, 1.807) is 6.92 Å². The Morgan fingerprint density at radius 2 is 1.83 bits per heavy atom. The lowest BCUT2D eigenvalue weighted by Crippen LogP contribution is -2.24. The minimum atomic E-state index is -3.52. The van der Waals surface area contributed by atoms with Crippen LogP contribution in [-0.2, 0) is 10.0 Å². The van der Waals surface area contributed by atoms with Crippen LogP contribution in [0.1, 0.15) is 35.9 Å². The standard InChI is InChI=1S/C16H20N4O3S/c1-3-4-9-19-24(22,23)14-7-5-13(6-8-14)20-16(21)15-11-17-12(2)10-18-15/h5-8,10-11,19H,3-4,9H2,1-2H3,(H,20,21). The highest BCUT2D eigenvalue weighted by Crippen LogP contribution is 2.14. The molecule has 0 fully saturated rings. The van der Waals surface area contributed by atoms with Crippen molar-refractivity contribution in [3.8, 4) is 0 Å². The van der Waals surface area contributed by atoms with E-state index in [-0.39, 0.29) is 10.6 Å². The van der Waals surface area contributed by atoms with Gasteiger partial charge in [0, 0.05) is 18.4 Å². The van der Waals surface area contributed by atoms with E-state index < -0.39 is 15.9 Å². The Morgan fingerprint density at radius 3 is 2.42 bits per heavy atom. The number of rotatable bonds is 7. The number of carbonyl (C=O) groups is 1. The quantitative estimate of drug-likeness (QED) is 0.746.